The summed E-state index contributed by atoms with van der Waals surface area (Å²) in [4.78, 5) is 22.0. The first-order valence-corrected chi connectivity index (χ1v) is 7.86. The quantitative estimate of drug-likeness (QED) is 0.490. The normalized spacial score (nSPS) is 12.9. The van der Waals surface area contributed by atoms with Crippen molar-refractivity contribution in [2.75, 3.05) is 11.9 Å². The van der Waals surface area contributed by atoms with Crippen LogP contribution in [0.4, 0.5) is 15.8 Å². The fraction of sp³-hybridized carbons (Fsp3) is 0.0556. The van der Waals surface area contributed by atoms with E-state index in [0.717, 1.165) is 29.3 Å². The molecule has 26 heavy (non-hydrogen) atoms. The molecule has 0 bridgehead atoms. The lowest BCUT2D eigenvalue weighted by atomic mass is 10.1. The zero-order valence-electron chi connectivity index (χ0n) is 13.2. The fourth-order valence-electron chi connectivity index (χ4n) is 2.34. The van der Waals surface area contributed by atoms with Crippen LogP contribution in [0.3, 0.4) is 0 Å². The van der Waals surface area contributed by atoms with Gasteiger partial charge in [-0.1, -0.05) is 17.7 Å². The van der Waals surface area contributed by atoms with E-state index in [1.807, 2.05) is 6.08 Å². The molecule has 1 heterocycles. The van der Waals surface area contributed by atoms with E-state index in [1.54, 1.807) is 18.2 Å². The fourth-order valence-corrected chi connectivity index (χ4v) is 2.52. The van der Waals surface area contributed by atoms with E-state index in [9.17, 15) is 19.3 Å². The lowest BCUT2D eigenvalue weighted by molar-refractivity contribution is -0.384. The molecule has 1 N–H and O–H groups in total. The highest BCUT2D eigenvalue weighted by molar-refractivity contribution is 6.30. The van der Waals surface area contributed by atoms with Crippen molar-refractivity contribution in [3.05, 3.63) is 80.6 Å². The molecule has 2 aromatic carbocycles. The Labute approximate surface area is 152 Å². The predicted octanol–water partition coefficient (Wildman–Crippen LogP) is 4.36. The summed E-state index contributed by atoms with van der Waals surface area (Å²) in [5.41, 5.74) is 0.922. The van der Waals surface area contributed by atoms with Gasteiger partial charge in [0.15, 0.2) is 0 Å². The largest absolute Gasteiger partial charge is 0.488 e. The van der Waals surface area contributed by atoms with Gasteiger partial charge in [-0.25, -0.2) is 4.39 Å². The maximum atomic E-state index is 13.7. The van der Waals surface area contributed by atoms with Gasteiger partial charge in [0.05, 0.1) is 10.6 Å². The maximum absolute atomic E-state index is 13.7. The highest BCUT2D eigenvalue weighted by Gasteiger charge is 2.13. The molecule has 0 unspecified atom stereocenters. The number of amides is 1. The van der Waals surface area contributed by atoms with Gasteiger partial charge in [0.2, 0.25) is 5.91 Å². The maximum Gasteiger partial charge on any atom is 0.271 e. The van der Waals surface area contributed by atoms with Gasteiger partial charge in [-0.15, -0.1) is 0 Å². The molecule has 0 saturated carbocycles. The van der Waals surface area contributed by atoms with Gasteiger partial charge >= 0.3 is 0 Å². The molecular formula is C18H12ClFN2O4. The smallest absolute Gasteiger partial charge is 0.271 e. The first-order valence-electron chi connectivity index (χ1n) is 7.48. The Kier molecular flexibility index (Phi) is 4.99. The number of halogens is 2. The van der Waals surface area contributed by atoms with Crippen LogP contribution >= 0.6 is 11.6 Å². The predicted molar refractivity (Wildman–Crippen MR) is 95.7 cm³/mol. The zero-order chi connectivity index (χ0) is 18.7. The van der Waals surface area contributed by atoms with Crippen molar-refractivity contribution in [2.24, 2.45) is 0 Å². The third-order valence-corrected chi connectivity index (χ3v) is 3.81. The van der Waals surface area contributed by atoms with Crippen molar-refractivity contribution >= 4 is 35.0 Å². The lowest BCUT2D eigenvalue weighted by Gasteiger charge is -2.16. The van der Waals surface area contributed by atoms with Crippen LogP contribution in [0, 0.1) is 15.9 Å². The van der Waals surface area contributed by atoms with Crippen LogP contribution in [-0.4, -0.2) is 17.4 Å². The number of fused-ring (bicyclic) bond motifs is 1. The second-order valence-electron chi connectivity index (χ2n) is 5.43. The molecule has 0 spiro atoms. The average molecular weight is 375 g/mol. The lowest BCUT2D eigenvalue weighted by Crippen LogP contribution is -2.11. The van der Waals surface area contributed by atoms with Gasteiger partial charge in [0, 0.05) is 28.8 Å². The summed E-state index contributed by atoms with van der Waals surface area (Å²) in [6.45, 7) is 0.267. The van der Waals surface area contributed by atoms with Gasteiger partial charge in [0.25, 0.3) is 5.69 Å². The molecule has 0 radical (unpaired) electrons. The Balaban J connectivity index is 1.73. The summed E-state index contributed by atoms with van der Waals surface area (Å²) >= 11 is 5.94. The Morgan fingerprint density at radius 3 is 2.88 bits per heavy atom. The average Bonchev–Trinajstić information content (AvgIpc) is 2.61. The number of ether oxygens (including phenoxy) is 1. The Hall–Kier alpha value is -3.19. The number of nitrogens with zero attached hydrogens (tertiary/aromatic N) is 1. The first kappa shape index (κ1) is 17.6. The number of nitro benzene ring substituents is 1. The van der Waals surface area contributed by atoms with E-state index < -0.39 is 16.6 Å². The number of nitrogens with one attached hydrogen (secondary N) is 1. The molecule has 132 valence electrons. The van der Waals surface area contributed by atoms with E-state index in [2.05, 4.69) is 5.32 Å². The standard InChI is InChI=1S/C18H12ClFN2O4/c19-13-2-5-17-12(8-13)7-11(10-26-17)1-6-18(23)21-16-9-14(22(24)25)3-4-15(16)20/h1-9H,10H2,(H,21,23)/b6-1+. The minimum Gasteiger partial charge on any atom is -0.488 e. The second kappa shape index (κ2) is 7.37. The highest BCUT2D eigenvalue weighted by Crippen LogP contribution is 2.29. The van der Waals surface area contributed by atoms with E-state index in [4.69, 9.17) is 16.3 Å². The number of hydrogen-bond donors (Lipinski definition) is 1. The number of anilines is 1. The second-order valence-corrected chi connectivity index (χ2v) is 5.87. The topological polar surface area (TPSA) is 81.5 Å². The number of hydrogen-bond acceptors (Lipinski definition) is 4. The van der Waals surface area contributed by atoms with Gasteiger partial charge < -0.3 is 10.1 Å². The van der Waals surface area contributed by atoms with Crippen LogP contribution in [-0.2, 0) is 4.79 Å². The summed E-state index contributed by atoms with van der Waals surface area (Å²) in [5, 5.41) is 13.6. The van der Waals surface area contributed by atoms with Crippen LogP contribution in [0.1, 0.15) is 5.56 Å². The van der Waals surface area contributed by atoms with E-state index in [-0.39, 0.29) is 18.0 Å². The third-order valence-electron chi connectivity index (χ3n) is 3.57. The number of carbonyl (C=O) groups is 1. The van der Waals surface area contributed by atoms with Gasteiger partial charge in [-0.3, -0.25) is 14.9 Å². The van der Waals surface area contributed by atoms with Crippen molar-refractivity contribution in [1.82, 2.24) is 0 Å². The molecular weight excluding hydrogens is 363 g/mol. The van der Waals surface area contributed by atoms with Gasteiger partial charge in [-0.05, 0) is 35.9 Å². The summed E-state index contributed by atoms with van der Waals surface area (Å²) in [5.74, 6) is -0.696. The molecule has 1 aliphatic rings. The first-order chi connectivity index (χ1) is 12.4. The molecule has 1 amide bonds. The molecule has 0 aromatic heterocycles. The minimum atomic E-state index is -0.763. The van der Waals surface area contributed by atoms with Crippen LogP contribution in [0.25, 0.3) is 6.08 Å². The van der Waals surface area contributed by atoms with Gasteiger partial charge in [-0.2, -0.15) is 0 Å². The zero-order valence-corrected chi connectivity index (χ0v) is 14.0. The number of carbonyl (C=O) groups excluding carboxylic acids is 1. The summed E-state index contributed by atoms with van der Waals surface area (Å²) in [6, 6.07) is 8.12. The summed E-state index contributed by atoms with van der Waals surface area (Å²) < 4.78 is 19.2. The van der Waals surface area contributed by atoms with Crippen molar-refractivity contribution in [2.45, 2.75) is 0 Å². The Morgan fingerprint density at radius 1 is 1.31 bits per heavy atom. The Bertz CT molecular complexity index is 956. The van der Waals surface area contributed by atoms with Crippen molar-refractivity contribution in [3.63, 3.8) is 0 Å². The third kappa shape index (κ3) is 4.07. The SMILES string of the molecule is O=C(/C=C/C1=Cc2cc(Cl)ccc2OC1)Nc1cc([N+](=O)[O-])ccc1F. The van der Waals surface area contributed by atoms with Crippen molar-refractivity contribution in [3.8, 4) is 5.75 Å². The van der Waals surface area contributed by atoms with E-state index in [0.29, 0.717) is 10.8 Å². The van der Waals surface area contributed by atoms with Crippen molar-refractivity contribution < 1.29 is 18.8 Å². The molecule has 3 rings (SSSR count). The van der Waals surface area contributed by atoms with Crippen LogP contribution in [0.2, 0.25) is 5.02 Å². The van der Waals surface area contributed by atoms with E-state index in [1.165, 1.54) is 12.2 Å². The van der Waals surface area contributed by atoms with E-state index >= 15 is 0 Å². The minimum absolute atomic E-state index is 0.264. The van der Waals surface area contributed by atoms with Gasteiger partial charge in [0.1, 0.15) is 18.2 Å². The Morgan fingerprint density at radius 2 is 2.12 bits per heavy atom. The number of benzene rings is 2. The van der Waals surface area contributed by atoms with Crippen molar-refractivity contribution in [1.29, 1.82) is 0 Å². The number of non-ortho nitro benzene ring substituents is 1. The molecule has 0 saturated heterocycles. The summed E-state index contributed by atoms with van der Waals surface area (Å²) in [7, 11) is 0. The van der Waals surface area contributed by atoms with Crippen LogP contribution in [0.5, 0.6) is 5.75 Å². The number of nitro groups is 1. The summed E-state index contributed by atoms with van der Waals surface area (Å²) in [6.07, 6.45) is 4.54. The molecule has 6 nitrogen and oxygen atoms in total. The number of rotatable bonds is 4. The van der Waals surface area contributed by atoms with Crippen LogP contribution in [0.15, 0.2) is 54.1 Å². The molecule has 1 aliphatic heterocycles. The molecule has 8 heteroatoms. The van der Waals surface area contributed by atoms with Crippen LogP contribution < -0.4 is 10.1 Å². The molecule has 0 fully saturated rings. The monoisotopic (exact) mass is 374 g/mol. The molecule has 0 atom stereocenters. The highest BCUT2D eigenvalue weighted by atomic mass is 35.5. The molecule has 2 aromatic rings. The molecule has 0 aliphatic carbocycles.